The van der Waals surface area contributed by atoms with E-state index in [0.717, 1.165) is 23.3 Å². The van der Waals surface area contributed by atoms with E-state index in [1.54, 1.807) is 0 Å². The summed E-state index contributed by atoms with van der Waals surface area (Å²) in [5.41, 5.74) is 1.81. The summed E-state index contributed by atoms with van der Waals surface area (Å²) in [5, 5.41) is 9.81. The van der Waals surface area contributed by atoms with Crippen LogP contribution in [0.15, 0.2) is 36.4 Å². The minimum Gasteiger partial charge on any atom is -0.494 e. The lowest BCUT2D eigenvalue weighted by Crippen LogP contribution is -2.19. The van der Waals surface area contributed by atoms with Gasteiger partial charge in [-0.2, -0.15) is 0 Å². The van der Waals surface area contributed by atoms with Gasteiger partial charge in [-0.3, -0.25) is 0 Å². The number of halogens is 3. The normalized spacial score (nSPS) is 11.5. The predicted molar refractivity (Wildman–Crippen MR) is 113 cm³/mol. The summed E-state index contributed by atoms with van der Waals surface area (Å²) in [6, 6.07) is 11.7. The van der Waals surface area contributed by atoms with Crippen molar-refractivity contribution in [3.63, 3.8) is 0 Å². The molecule has 0 radical (unpaired) electrons. The van der Waals surface area contributed by atoms with Crippen molar-refractivity contribution in [2.24, 2.45) is 0 Å². The summed E-state index contributed by atoms with van der Waals surface area (Å²) in [6.07, 6.45) is 1.34. The van der Waals surface area contributed by atoms with Gasteiger partial charge in [-0.15, -0.1) is 11.6 Å². The number of hydrogen-bond acceptors (Lipinski definition) is 3. The van der Waals surface area contributed by atoms with Crippen molar-refractivity contribution in [1.82, 2.24) is 0 Å². The van der Waals surface area contributed by atoms with E-state index in [1.807, 2.05) is 36.4 Å². The highest BCUT2D eigenvalue weighted by atomic mass is 35.5. The monoisotopic (exact) mass is 430 g/mol. The second-order valence-corrected chi connectivity index (χ2v) is 7.93. The first-order chi connectivity index (χ1) is 12.9. The smallest absolute Gasteiger partial charge is 0.156 e. The zero-order valence-electron chi connectivity index (χ0n) is 15.6. The summed E-state index contributed by atoms with van der Waals surface area (Å²) in [7, 11) is 0. The van der Waals surface area contributed by atoms with Gasteiger partial charge in [-0.05, 0) is 41.8 Å². The van der Waals surface area contributed by atoms with Crippen molar-refractivity contribution in [2.75, 3.05) is 25.7 Å². The molecule has 2 rings (SSSR count). The minimum atomic E-state index is -0.300. The molecule has 0 aromatic heterocycles. The Morgan fingerprint density at radius 2 is 1.48 bits per heavy atom. The molecule has 2 aromatic carbocycles. The Morgan fingerprint density at radius 3 is 2.04 bits per heavy atom. The molecular weight excluding hydrogens is 407 g/mol. The number of aliphatic hydroxyl groups excluding tert-OH is 1. The second kappa shape index (κ2) is 10.4. The molecule has 0 aliphatic rings. The van der Waals surface area contributed by atoms with Gasteiger partial charge >= 0.3 is 0 Å². The average molecular weight is 432 g/mol. The number of rotatable bonds is 10. The van der Waals surface area contributed by atoms with Gasteiger partial charge in [0.15, 0.2) is 5.75 Å². The minimum absolute atomic E-state index is 0.123. The number of ether oxygens (including phenoxy) is 2. The summed E-state index contributed by atoms with van der Waals surface area (Å²) in [5.74, 6) is 1.80. The van der Waals surface area contributed by atoms with Crippen LogP contribution < -0.4 is 9.47 Å². The molecule has 2 aromatic rings. The summed E-state index contributed by atoms with van der Waals surface area (Å²) in [6.45, 7) is 5.33. The maximum absolute atomic E-state index is 8.83. The molecule has 0 saturated carbocycles. The van der Waals surface area contributed by atoms with E-state index < -0.39 is 0 Å². The SMILES string of the molecule is CC(C)(c1ccc(OCCCO)cc1)c1cc(Cl)c(OCCCCl)c(Cl)c1. The average Bonchev–Trinajstić information content (AvgIpc) is 2.64. The fourth-order valence-corrected chi connectivity index (χ4v) is 3.38. The number of hydrogen-bond donors (Lipinski definition) is 1. The fourth-order valence-electron chi connectivity index (χ4n) is 2.68. The Balaban J connectivity index is 2.20. The molecule has 0 bridgehead atoms. The van der Waals surface area contributed by atoms with E-state index in [4.69, 9.17) is 49.4 Å². The molecule has 0 spiro atoms. The van der Waals surface area contributed by atoms with Crippen LogP contribution in [-0.4, -0.2) is 30.8 Å². The van der Waals surface area contributed by atoms with Gasteiger partial charge in [-0.25, -0.2) is 0 Å². The van der Waals surface area contributed by atoms with Crippen molar-refractivity contribution in [3.05, 3.63) is 57.6 Å². The molecule has 0 heterocycles. The van der Waals surface area contributed by atoms with Gasteiger partial charge in [0.1, 0.15) is 5.75 Å². The molecule has 3 nitrogen and oxygen atoms in total. The van der Waals surface area contributed by atoms with Crippen molar-refractivity contribution in [2.45, 2.75) is 32.1 Å². The Hall–Kier alpha value is -1.13. The van der Waals surface area contributed by atoms with Gasteiger partial charge < -0.3 is 14.6 Å². The molecular formula is C21H25Cl3O3. The lowest BCUT2D eigenvalue weighted by Gasteiger charge is -2.27. The van der Waals surface area contributed by atoms with Crippen LogP contribution in [0.5, 0.6) is 11.5 Å². The lowest BCUT2D eigenvalue weighted by molar-refractivity contribution is 0.233. The van der Waals surface area contributed by atoms with Crippen LogP contribution in [0.4, 0.5) is 0 Å². The van der Waals surface area contributed by atoms with Gasteiger partial charge in [-0.1, -0.05) is 49.2 Å². The van der Waals surface area contributed by atoms with Gasteiger partial charge in [0.25, 0.3) is 0 Å². The van der Waals surface area contributed by atoms with Crippen LogP contribution >= 0.6 is 34.8 Å². The molecule has 0 atom stereocenters. The van der Waals surface area contributed by atoms with Gasteiger partial charge in [0, 0.05) is 24.3 Å². The van der Waals surface area contributed by atoms with Crippen molar-refractivity contribution >= 4 is 34.8 Å². The molecule has 27 heavy (non-hydrogen) atoms. The Bertz CT molecular complexity index is 707. The summed E-state index contributed by atoms with van der Waals surface area (Å²) >= 11 is 18.5. The van der Waals surface area contributed by atoms with Crippen LogP contribution in [-0.2, 0) is 5.41 Å². The van der Waals surface area contributed by atoms with Crippen LogP contribution in [0.3, 0.4) is 0 Å². The van der Waals surface area contributed by atoms with Crippen molar-refractivity contribution in [1.29, 1.82) is 0 Å². The van der Waals surface area contributed by atoms with Crippen LogP contribution in [0.1, 0.15) is 37.8 Å². The molecule has 6 heteroatoms. The Labute approximate surface area is 176 Å². The predicted octanol–water partition coefficient (Wildman–Crippen LogP) is 6.09. The number of benzene rings is 2. The maximum atomic E-state index is 8.83. The molecule has 0 amide bonds. The first-order valence-corrected chi connectivity index (χ1v) is 10.2. The fraction of sp³-hybridized carbons (Fsp3) is 0.429. The van der Waals surface area contributed by atoms with Gasteiger partial charge in [0.05, 0.1) is 23.3 Å². The van der Waals surface area contributed by atoms with Crippen molar-refractivity contribution < 1.29 is 14.6 Å². The molecule has 0 aliphatic carbocycles. The number of aliphatic hydroxyl groups is 1. The zero-order chi connectivity index (χ0) is 19.9. The van der Waals surface area contributed by atoms with Crippen LogP contribution in [0.2, 0.25) is 10.0 Å². The summed E-state index contributed by atoms with van der Waals surface area (Å²) in [4.78, 5) is 0. The third-order valence-electron chi connectivity index (χ3n) is 4.39. The van der Waals surface area contributed by atoms with E-state index in [-0.39, 0.29) is 12.0 Å². The van der Waals surface area contributed by atoms with E-state index in [2.05, 4.69) is 13.8 Å². The van der Waals surface area contributed by atoms with E-state index in [1.165, 1.54) is 0 Å². The second-order valence-electron chi connectivity index (χ2n) is 6.74. The Morgan fingerprint density at radius 1 is 0.889 bits per heavy atom. The number of alkyl halides is 1. The third-order valence-corrected chi connectivity index (χ3v) is 5.22. The highest BCUT2D eigenvalue weighted by Crippen LogP contribution is 2.40. The standard InChI is InChI=1S/C21H25Cl3O3/c1-21(2,15-5-7-17(8-6-15)26-12-4-10-25)16-13-18(23)20(19(24)14-16)27-11-3-9-22/h5-8,13-14,25H,3-4,9-12H2,1-2H3. The van der Waals surface area contributed by atoms with E-state index >= 15 is 0 Å². The molecule has 0 aliphatic heterocycles. The summed E-state index contributed by atoms with van der Waals surface area (Å²) < 4.78 is 11.3. The Kier molecular flexibility index (Phi) is 8.56. The maximum Gasteiger partial charge on any atom is 0.156 e. The third kappa shape index (κ3) is 5.92. The highest BCUT2D eigenvalue weighted by molar-refractivity contribution is 6.37. The molecule has 1 N–H and O–H groups in total. The first-order valence-electron chi connectivity index (χ1n) is 8.92. The lowest BCUT2D eigenvalue weighted by atomic mass is 9.78. The molecule has 0 fully saturated rings. The molecule has 148 valence electrons. The first kappa shape index (κ1) is 22.2. The molecule has 0 unspecified atom stereocenters. The van der Waals surface area contributed by atoms with Gasteiger partial charge in [0.2, 0.25) is 0 Å². The zero-order valence-corrected chi connectivity index (χ0v) is 17.9. The van der Waals surface area contributed by atoms with E-state index in [0.29, 0.717) is 41.3 Å². The topological polar surface area (TPSA) is 38.7 Å². The largest absolute Gasteiger partial charge is 0.494 e. The van der Waals surface area contributed by atoms with Crippen LogP contribution in [0, 0.1) is 0 Å². The highest BCUT2D eigenvalue weighted by Gasteiger charge is 2.25. The van der Waals surface area contributed by atoms with Crippen LogP contribution in [0.25, 0.3) is 0 Å². The van der Waals surface area contributed by atoms with E-state index in [9.17, 15) is 0 Å². The van der Waals surface area contributed by atoms with Crippen molar-refractivity contribution in [3.8, 4) is 11.5 Å². The molecule has 0 saturated heterocycles. The quantitative estimate of drug-likeness (QED) is 0.365.